The quantitative estimate of drug-likeness (QED) is 0.182. The molecular formula is C25H21ClN6O5S3. The number of halogens is 1. The van der Waals surface area contributed by atoms with Crippen molar-refractivity contribution in [3.63, 3.8) is 0 Å². The van der Waals surface area contributed by atoms with Gasteiger partial charge < -0.3 is 14.5 Å². The van der Waals surface area contributed by atoms with Crippen LogP contribution in [0.2, 0.25) is 5.02 Å². The van der Waals surface area contributed by atoms with Crippen LogP contribution in [0.1, 0.15) is 11.6 Å². The van der Waals surface area contributed by atoms with Crippen molar-refractivity contribution >= 4 is 61.4 Å². The molecule has 2 aromatic carbocycles. The van der Waals surface area contributed by atoms with Gasteiger partial charge in [-0.15, -0.1) is 21.5 Å². The van der Waals surface area contributed by atoms with Crippen molar-refractivity contribution in [3.8, 4) is 5.75 Å². The molecule has 0 aliphatic carbocycles. The third-order valence-electron chi connectivity index (χ3n) is 5.30. The first-order valence-corrected chi connectivity index (χ1v) is 15.4. The van der Waals surface area contributed by atoms with E-state index in [4.69, 9.17) is 20.8 Å². The van der Waals surface area contributed by atoms with Crippen molar-refractivity contribution in [3.05, 3.63) is 95.1 Å². The van der Waals surface area contributed by atoms with E-state index in [1.807, 2.05) is 10.6 Å². The van der Waals surface area contributed by atoms with Gasteiger partial charge in [-0.25, -0.2) is 13.4 Å². The third-order valence-corrected chi connectivity index (χ3v) is 8.70. The van der Waals surface area contributed by atoms with Gasteiger partial charge in [0.05, 0.1) is 23.5 Å². The van der Waals surface area contributed by atoms with Crippen LogP contribution >= 0.6 is 34.7 Å². The Hall–Kier alpha value is -3.85. The highest BCUT2D eigenvalue weighted by atomic mass is 35.5. The number of sulfonamides is 1. The standard InChI is InChI=1S/C25H21ClN6O5S3/c26-17-3-7-19(8-4-17)37-15-22-29-30-25(32(22)14-20-2-1-12-36-20)39-16-23(33)28-18-5-9-21(10-6-18)40(34,35)31-24-27-11-13-38-24/h1-13H,14-16H2,(H,27,31)(H,28,33). The van der Waals surface area contributed by atoms with E-state index in [1.54, 1.807) is 42.0 Å². The Morgan fingerprint density at radius 3 is 2.60 bits per heavy atom. The van der Waals surface area contributed by atoms with Crippen molar-refractivity contribution < 1.29 is 22.4 Å². The zero-order valence-electron chi connectivity index (χ0n) is 20.6. The molecule has 5 aromatic rings. The Labute approximate surface area is 242 Å². The number of ether oxygens (including phenoxy) is 1. The maximum Gasteiger partial charge on any atom is 0.263 e. The minimum atomic E-state index is -3.78. The summed E-state index contributed by atoms with van der Waals surface area (Å²) in [6.45, 7) is 0.503. The fraction of sp³-hybridized carbons (Fsp3) is 0.120. The molecule has 3 aromatic heterocycles. The van der Waals surface area contributed by atoms with Gasteiger partial charge in [0.15, 0.2) is 16.1 Å². The van der Waals surface area contributed by atoms with Crippen LogP contribution in [0.4, 0.5) is 10.8 Å². The summed E-state index contributed by atoms with van der Waals surface area (Å²) in [5.41, 5.74) is 0.452. The molecule has 0 saturated carbocycles. The zero-order valence-corrected chi connectivity index (χ0v) is 23.8. The second kappa shape index (κ2) is 12.6. The third kappa shape index (κ3) is 7.21. The smallest absolute Gasteiger partial charge is 0.263 e. The molecule has 0 aliphatic heterocycles. The van der Waals surface area contributed by atoms with Gasteiger partial charge in [-0.1, -0.05) is 23.4 Å². The van der Waals surface area contributed by atoms with Crippen LogP contribution in [-0.2, 0) is 28.0 Å². The Morgan fingerprint density at radius 1 is 1.10 bits per heavy atom. The average Bonchev–Trinajstić information content (AvgIpc) is 3.71. The largest absolute Gasteiger partial charge is 0.486 e. The molecule has 0 bridgehead atoms. The minimum Gasteiger partial charge on any atom is -0.486 e. The van der Waals surface area contributed by atoms with E-state index < -0.39 is 10.0 Å². The van der Waals surface area contributed by atoms with Gasteiger partial charge in [-0.2, -0.15) is 0 Å². The predicted molar refractivity (Wildman–Crippen MR) is 152 cm³/mol. The number of hydrogen-bond donors (Lipinski definition) is 2. The number of anilines is 2. The molecule has 3 heterocycles. The normalized spacial score (nSPS) is 11.3. The number of rotatable bonds is 12. The molecule has 0 aliphatic rings. The van der Waals surface area contributed by atoms with E-state index in [0.29, 0.717) is 39.7 Å². The van der Waals surface area contributed by atoms with Gasteiger partial charge in [0.1, 0.15) is 18.1 Å². The Balaban J connectivity index is 1.21. The Bertz CT molecular complexity index is 1660. The molecule has 0 atom stereocenters. The lowest BCUT2D eigenvalue weighted by molar-refractivity contribution is -0.113. The molecule has 15 heteroatoms. The maximum absolute atomic E-state index is 12.7. The summed E-state index contributed by atoms with van der Waals surface area (Å²) in [5, 5.41) is 14.3. The summed E-state index contributed by atoms with van der Waals surface area (Å²) in [4.78, 5) is 16.6. The first-order chi connectivity index (χ1) is 19.4. The molecule has 5 rings (SSSR count). The van der Waals surface area contributed by atoms with Crippen LogP contribution in [-0.4, -0.2) is 39.8 Å². The maximum atomic E-state index is 12.7. The summed E-state index contributed by atoms with van der Waals surface area (Å²) in [6, 6.07) is 16.5. The first kappa shape index (κ1) is 27.7. The van der Waals surface area contributed by atoms with Crippen molar-refractivity contribution in [1.82, 2.24) is 19.7 Å². The first-order valence-electron chi connectivity index (χ1n) is 11.6. The summed E-state index contributed by atoms with van der Waals surface area (Å²) >= 11 is 8.32. The molecular weight excluding hydrogens is 596 g/mol. The van der Waals surface area contributed by atoms with E-state index in [0.717, 1.165) is 0 Å². The number of aromatic nitrogens is 4. The molecule has 1 amide bonds. The van der Waals surface area contributed by atoms with Gasteiger partial charge in [0.25, 0.3) is 10.0 Å². The van der Waals surface area contributed by atoms with E-state index in [2.05, 4.69) is 25.2 Å². The van der Waals surface area contributed by atoms with Gasteiger partial charge in [-0.3, -0.25) is 14.1 Å². The zero-order chi connectivity index (χ0) is 28.0. The van der Waals surface area contributed by atoms with Gasteiger partial charge in [0.2, 0.25) is 5.91 Å². The lowest BCUT2D eigenvalue weighted by Crippen LogP contribution is -2.16. The summed E-state index contributed by atoms with van der Waals surface area (Å²) in [7, 11) is -3.78. The van der Waals surface area contributed by atoms with Crippen LogP contribution < -0.4 is 14.8 Å². The number of thioether (sulfide) groups is 1. The van der Waals surface area contributed by atoms with Crippen molar-refractivity contribution in [2.75, 3.05) is 15.8 Å². The van der Waals surface area contributed by atoms with E-state index in [-0.39, 0.29) is 28.3 Å². The van der Waals surface area contributed by atoms with Crippen molar-refractivity contribution in [2.24, 2.45) is 0 Å². The molecule has 40 heavy (non-hydrogen) atoms. The number of carbonyl (C=O) groups excluding carboxylic acids is 1. The minimum absolute atomic E-state index is 0.0416. The van der Waals surface area contributed by atoms with Crippen molar-refractivity contribution in [2.45, 2.75) is 23.2 Å². The predicted octanol–water partition coefficient (Wildman–Crippen LogP) is 5.14. The number of nitrogens with one attached hydrogen (secondary N) is 2. The second-order valence-corrected chi connectivity index (χ2v) is 12.1. The molecule has 206 valence electrons. The fourth-order valence-electron chi connectivity index (χ4n) is 3.42. The van der Waals surface area contributed by atoms with Gasteiger partial charge in [-0.05, 0) is 60.7 Å². The summed E-state index contributed by atoms with van der Waals surface area (Å²) in [5.74, 6) is 1.62. The monoisotopic (exact) mass is 616 g/mol. The van der Waals surface area contributed by atoms with Crippen molar-refractivity contribution in [1.29, 1.82) is 0 Å². The summed E-state index contributed by atoms with van der Waals surface area (Å²) < 4.78 is 40.6. The SMILES string of the molecule is O=C(CSc1nnc(COc2ccc(Cl)cc2)n1Cc1ccco1)Nc1ccc(S(=O)(=O)Nc2nccs2)cc1. The highest BCUT2D eigenvalue weighted by Gasteiger charge is 2.18. The van der Waals surface area contributed by atoms with Crippen LogP contribution in [0, 0.1) is 0 Å². The second-order valence-electron chi connectivity index (χ2n) is 8.11. The molecule has 0 radical (unpaired) electrons. The highest BCUT2D eigenvalue weighted by Crippen LogP contribution is 2.23. The number of carbonyl (C=O) groups is 1. The van der Waals surface area contributed by atoms with E-state index in [1.165, 1.54) is 53.6 Å². The molecule has 0 fully saturated rings. The Kier molecular flexibility index (Phi) is 8.69. The van der Waals surface area contributed by atoms with Crippen LogP contribution in [0.3, 0.4) is 0 Å². The van der Waals surface area contributed by atoms with Gasteiger partial charge in [0, 0.05) is 22.3 Å². The lowest BCUT2D eigenvalue weighted by atomic mass is 10.3. The van der Waals surface area contributed by atoms with Gasteiger partial charge >= 0.3 is 0 Å². The number of furan rings is 1. The molecule has 0 unspecified atom stereocenters. The highest BCUT2D eigenvalue weighted by molar-refractivity contribution is 7.99. The Morgan fingerprint density at radius 2 is 1.90 bits per heavy atom. The van der Waals surface area contributed by atoms with Crippen LogP contribution in [0.15, 0.2) is 93.0 Å². The summed E-state index contributed by atoms with van der Waals surface area (Å²) in [6.07, 6.45) is 3.09. The van der Waals surface area contributed by atoms with Crippen LogP contribution in [0.5, 0.6) is 5.75 Å². The molecule has 0 saturated heterocycles. The molecule has 11 nitrogen and oxygen atoms in total. The van der Waals surface area contributed by atoms with E-state index in [9.17, 15) is 13.2 Å². The molecule has 2 N–H and O–H groups in total. The average molecular weight is 617 g/mol. The number of hydrogen-bond acceptors (Lipinski definition) is 10. The molecule has 0 spiro atoms. The lowest BCUT2D eigenvalue weighted by Gasteiger charge is -2.10. The fourth-order valence-corrected chi connectivity index (χ4v) is 6.09. The number of benzene rings is 2. The number of thiazole rings is 1. The topological polar surface area (TPSA) is 141 Å². The number of amides is 1. The van der Waals surface area contributed by atoms with Crippen LogP contribution in [0.25, 0.3) is 0 Å². The van der Waals surface area contributed by atoms with E-state index >= 15 is 0 Å². The number of nitrogens with zero attached hydrogens (tertiary/aromatic N) is 4.